The summed E-state index contributed by atoms with van der Waals surface area (Å²) in [5, 5.41) is 11.7. The maximum Gasteiger partial charge on any atom is 0.295 e. The SMILES string of the molecule is O=C1C(=O)N(CC2CCCO2)C(c2ccc(Cl)c(Cl)c2)/C1=C(\O)c1ccc(Br)cc1. The Bertz CT molecular complexity index is 1030. The second-order valence-corrected chi connectivity index (χ2v) is 9.00. The molecule has 2 atom stereocenters. The molecule has 0 aromatic heterocycles. The fourth-order valence-electron chi connectivity index (χ4n) is 3.87. The predicted molar refractivity (Wildman–Crippen MR) is 119 cm³/mol. The van der Waals surface area contributed by atoms with E-state index in [-0.39, 0.29) is 24.0 Å². The van der Waals surface area contributed by atoms with Crippen molar-refractivity contribution >= 4 is 56.6 Å². The van der Waals surface area contributed by atoms with Gasteiger partial charge in [-0.05, 0) is 42.7 Å². The lowest BCUT2D eigenvalue weighted by atomic mass is 9.95. The Morgan fingerprint density at radius 2 is 1.87 bits per heavy atom. The van der Waals surface area contributed by atoms with Crippen molar-refractivity contribution in [3.8, 4) is 0 Å². The van der Waals surface area contributed by atoms with Gasteiger partial charge in [0, 0.05) is 23.2 Å². The highest BCUT2D eigenvalue weighted by molar-refractivity contribution is 9.10. The van der Waals surface area contributed by atoms with Gasteiger partial charge in [-0.1, -0.05) is 57.3 Å². The lowest BCUT2D eigenvalue weighted by Gasteiger charge is -2.27. The number of aliphatic hydroxyl groups excluding tert-OH is 1. The lowest BCUT2D eigenvalue weighted by molar-refractivity contribution is -0.140. The second-order valence-electron chi connectivity index (χ2n) is 7.27. The third-order valence-electron chi connectivity index (χ3n) is 5.34. The first kappa shape index (κ1) is 21.4. The molecule has 2 unspecified atom stereocenters. The standard InChI is InChI=1S/C22H18BrCl2NO4/c23-14-6-3-12(4-7-14)20(27)18-19(13-5-8-16(24)17(25)10-13)26(22(29)21(18)28)11-15-2-1-9-30-15/h3-8,10,15,19,27H,1-2,9,11H2/b20-18+. The molecule has 1 N–H and O–H groups in total. The van der Waals surface area contributed by atoms with Crippen molar-refractivity contribution in [1.82, 2.24) is 4.90 Å². The zero-order valence-corrected chi connectivity index (χ0v) is 18.9. The van der Waals surface area contributed by atoms with Crippen LogP contribution in [0.4, 0.5) is 0 Å². The first-order valence-electron chi connectivity index (χ1n) is 9.47. The van der Waals surface area contributed by atoms with Gasteiger partial charge in [-0.25, -0.2) is 0 Å². The van der Waals surface area contributed by atoms with Crippen LogP contribution in [-0.2, 0) is 14.3 Å². The molecule has 2 saturated heterocycles. The molecule has 2 aromatic rings. The van der Waals surface area contributed by atoms with E-state index in [1.54, 1.807) is 42.5 Å². The van der Waals surface area contributed by atoms with Crippen molar-refractivity contribution in [2.24, 2.45) is 0 Å². The summed E-state index contributed by atoms with van der Waals surface area (Å²) in [6.45, 7) is 0.886. The predicted octanol–water partition coefficient (Wildman–Crippen LogP) is 5.36. The molecule has 30 heavy (non-hydrogen) atoms. The smallest absolute Gasteiger partial charge is 0.295 e. The first-order chi connectivity index (χ1) is 14.4. The Morgan fingerprint density at radius 1 is 1.13 bits per heavy atom. The van der Waals surface area contributed by atoms with Gasteiger partial charge in [0.1, 0.15) is 5.76 Å². The monoisotopic (exact) mass is 509 g/mol. The number of Topliss-reactive ketones (excluding diaryl/α,β-unsaturated/α-hetero) is 1. The molecule has 0 saturated carbocycles. The number of nitrogens with zero attached hydrogens (tertiary/aromatic N) is 1. The molecule has 0 radical (unpaired) electrons. The van der Waals surface area contributed by atoms with Crippen LogP contribution >= 0.6 is 39.1 Å². The van der Waals surface area contributed by atoms with E-state index in [1.807, 2.05) is 0 Å². The average molecular weight is 511 g/mol. The van der Waals surface area contributed by atoms with Crippen LogP contribution < -0.4 is 0 Å². The third kappa shape index (κ3) is 4.02. The highest BCUT2D eigenvalue weighted by Crippen LogP contribution is 2.41. The number of likely N-dealkylation sites (tertiary alicyclic amines) is 1. The highest BCUT2D eigenvalue weighted by atomic mass is 79.9. The minimum atomic E-state index is -0.785. The maximum atomic E-state index is 13.0. The molecule has 2 heterocycles. The van der Waals surface area contributed by atoms with E-state index < -0.39 is 17.7 Å². The zero-order chi connectivity index (χ0) is 21.4. The normalized spacial score (nSPS) is 23.4. The van der Waals surface area contributed by atoms with Crippen LogP contribution in [-0.4, -0.2) is 41.0 Å². The number of hydrogen-bond acceptors (Lipinski definition) is 4. The summed E-state index contributed by atoms with van der Waals surface area (Å²) in [7, 11) is 0. The zero-order valence-electron chi connectivity index (χ0n) is 15.8. The van der Waals surface area contributed by atoms with Gasteiger partial charge < -0.3 is 14.7 Å². The molecular weight excluding hydrogens is 493 g/mol. The topological polar surface area (TPSA) is 66.8 Å². The summed E-state index contributed by atoms with van der Waals surface area (Å²) in [5.74, 6) is -1.63. The Hall–Kier alpha value is -1.86. The Morgan fingerprint density at radius 3 is 2.50 bits per heavy atom. The molecule has 2 fully saturated rings. The van der Waals surface area contributed by atoms with Gasteiger partial charge in [0.25, 0.3) is 11.7 Å². The lowest BCUT2D eigenvalue weighted by Crippen LogP contribution is -2.36. The van der Waals surface area contributed by atoms with Crippen LogP contribution in [0.3, 0.4) is 0 Å². The van der Waals surface area contributed by atoms with Crippen molar-refractivity contribution in [3.05, 3.63) is 73.7 Å². The summed E-state index contributed by atoms with van der Waals surface area (Å²) in [6, 6.07) is 11.0. The minimum absolute atomic E-state index is 0.0266. The molecule has 2 aliphatic rings. The van der Waals surface area contributed by atoms with Crippen LogP contribution in [0.2, 0.25) is 10.0 Å². The summed E-state index contributed by atoms with van der Waals surface area (Å²) in [6.07, 6.45) is 1.57. The fraction of sp³-hybridized carbons (Fsp3) is 0.273. The first-order valence-corrected chi connectivity index (χ1v) is 11.0. The van der Waals surface area contributed by atoms with E-state index in [9.17, 15) is 14.7 Å². The molecule has 2 aromatic carbocycles. The van der Waals surface area contributed by atoms with Gasteiger partial charge in [0.2, 0.25) is 0 Å². The number of benzene rings is 2. The van der Waals surface area contributed by atoms with Crippen molar-refractivity contribution in [3.63, 3.8) is 0 Å². The number of amides is 1. The van der Waals surface area contributed by atoms with Gasteiger partial charge in [-0.3, -0.25) is 9.59 Å². The van der Waals surface area contributed by atoms with E-state index in [0.717, 1.165) is 17.3 Å². The van der Waals surface area contributed by atoms with Crippen molar-refractivity contribution in [2.45, 2.75) is 25.0 Å². The Balaban J connectivity index is 1.84. The Kier molecular flexibility index (Phi) is 6.21. The van der Waals surface area contributed by atoms with Gasteiger partial charge in [0.05, 0.1) is 27.8 Å². The molecule has 0 spiro atoms. The largest absolute Gasteiger partial charge is 0.507 e. The van der Waals surface area contributed by atoms with E-state index in [2.05, 4.69) is 15.9 Å². The van der Waals surface area contributed by atoms with Crippen molar-refractivity contribution in [1.29, 1.82) is 0 Å². The molecule has 1 amide bonds. The van der Waals surface area contributed by atoms with Gasteiger partial charge in [0.15, 0.2) is 0 Å². The van der Waals surface area contributed by atoms with Gasteiger partial charge in [-0.2, -0.15) is 0 Å². The molecule has 8 heteroatoms. The number of carbonyl (C=O) groups excluding carboxylic acids is 2. The number of halogens is 3. The minimum Gasteiger partial charge on any atom is -0.507 e. The molecule has 0 bridgehead atoms. The number of hydrogen-bond donors (Lipinski definition) is 1. The molecule has 2 aliphatic heterocycles. The van der Waals surface area contributed by atoms with Crippen molar-refractivity contribution < 1.29 is 19.4 Å². The van der Waals surface area contributed by atoms with Crippen molar-refractivity contribution in [2.75, 3.05) is 13.2 Å². The molecular formula is C22H18BrCl2NO4. The van der Waals surface area contributed by atoms with Crippen LogP contribution in [0.25, 0.3) is 5.76 Å². The number of carbonyl (C=O) groups is 2. The van der Waals surface area contributed by atoms with Crippen LogP contribution in [0, 0.1) is 0 Å². The highest BCUT2D eigenvalue weighted by Gasteiger charge is 2.47. The summed E-state index contributed by atoms with van der Waals surface area (Å²) in [4.78, 5) is 27.4. The van der Waals surface area contributed by atoms with E-state index in [0.29, 0.717) is 27.8 Å². The van der Waals surface area contributed by atoms with Crippen LogP contribution in [0.1, 0.15) is 30.0 Å². The average Bonchev–Trinajstić information content (AvgIpc) is 3.33. The van der Waals surface area contributed by atoms with Crippen LogP contribution in [0.15, 0.2) is 52.5 Å². The van der Waals surface area contributed by atoms with E-state index in [1.165, 1.54) is 4.90 Å². The van der Waals surface area contributed by atoms with Gasteiger partial charge >= 0.3 is 0 Å². The van der Waals surface area contributed by atoms with Crippen LogP contribution in [0.5, 0.6) is 0 Å². The molecule has 5 nitrogen and oxygen atoms in total. The quantitative estimate of drug-likeness (QED) is 0.341. The number of rotatable bonds is 4. The maximum absolute atomic E-state index is 13.0. The molecule has 0 aliphatic carbocycles. The van der Waals surface area contributed by atoms with Gasteiger partial charge in [-0.15, -0.1) is 0 Å². The molecule has 4 rings (SSSR count). The number of ketones is 1. The van der Waals surface area contributed by atoms with E-state index >= 15 is 0 Å². The molecule has 156 valence electrons. The number of ether oxygens (including phenoxy) is 1. The Labute approximate surface area is 192 Å². The summed E-state index contributed by atoms with van der Waals surface area (Å²) < 4.78 is 6.52. The third-order valence-corrected chi connectivity index (χ3v) is 6.61. The summed E-state index contributed by atoms with van der Waals surface area (Å²) in [5.41, 5.74) is 1.07. The fourth-order valence-corrected chi connectivity index (χ4v) is 4.44. The number of aliphatic hydroxyl groups is 1. The van der Waals surface area contributed by atoms with E-state index in [4.69, 9.17) is 27.9 Å². The summed E-state index contributed by atoms with van der Waals surface area (Å²) >= 11 is 15.6. The second kappa shape index (κ2) is 8.71.